The van der Waals surface area contributed by atoms with Gasteiger partial charge in [-0.25, -0.2) is 0 Å². The van der Waals surface area contributed by atoms with Crippen LogP contribution in [0.3, 0.4) is 0 Å². The van der Waals surface area contributed by atoms with Gasteiger partial charge in [-0.2, -0.15) is 5.10 Å². The summed E-state index contributed by atoms with van der Waals surface area (Å²) >= 11 is 6.28. The maximum atomic E-state index is 12.6. The molecule has 1 aromatic heterocycles. The second-order valence-electron chi connectivity index (χ2n) is 5.21. The standard InChI is InChI=1S/C16H17ClN2O2/c1-3-19-13(16(17)10(2)18-19)8-14(20)12-9-21-15-7-5-4-6-11(12)15/h4-7,12H,3,8-9H2,1-2H3. The first-order valence-corrected chi connectivity index (χ1v) is 7.45. The van der Waals surface area contributed by atoms with Crippen molar-refractivity contribution in [1.29, 1.82) is 0 Å². The highest BCUT2D eigenvalue weighted by Crippen LogP contribution is 2.35. The Balaban J connectivity index is 1.85. The second kappa shape index (κ2) is 5.53. The van der Waals surface area contributed by atoms with Crippen LogP contribution in [0.25, 0.3) is 0 Å². The second-order valence-corrected chi connectivity index (χ2v) is 5.58. The number of Topliss-reactive ketones (excluding diaryl/α,β-unsaturated/α-hetero) is 1. The molecule has 0 fully saturated rings. The number of ether oxygens (including phenoxy) is 1. The molecule has 1 atom stereocenters. The van der Waals surface area contributed by atoms with Crippen molar-refractivity contribution in [2.45, 2.75) is 32.7 Å². The van der Waals surface area contributed by atoms with Crippen LogP contribution in [0.4, 0.5) is 0 Å². The lowest BCUT2D eigenvalue weighted by Gasteiger charge is -2.09. The zero-order chi connectivity index (χ0) is 15.0. The smallest absolute Gasteiger partial charge is 0.149 e. The van der Waals surface area contributed by atoms with Crippen LogP contribution in [0.2, 0.25) is 5.02 Å². The fraction of sp³-hybridized carbons (Fsp3) is 0.375. The Morgan fingerprint density at radius 3 is 3.00 bits per heavy atom. The molecule has 0 saturated heterocycles. The SMILES string of the molecule is CCn1nc(C)c(Cl)c1CC(=O)C1COc2ccccc21. The molecule has 1 unspecified atom stereocenters. The summed E-state index contributed by atoms with van der Waals surface area (Å²) in [5, 5.41) is 4.95. The number of nitrogens with zero attached hydrogens (tertiary/aromatic N) is 2. The number of rotatable bonds is 4. The molecular formula is C16H17ClN2O2. The minimum absolute atomic E-state index is 0.122. The minimum Gasteiger partial charge on any atom is -0.492 e. The van der Waals surface area contributed by atoms with E-state index in [0.717, 1.165) is 22.7 Å². The number of para-hydroxylation sites is 1. The highest BCUT2D eigenvalue weighted by molar-refractivity contribution is 6.32. The summed E-state index contributed by atoms with van der Waals surface area (Å²) in [6.07, 6.45) is 0.288. The monoisotopic (exact) mass is 304 g/mol. The van der Waals surface area contributed by atoms with Gasteiger partial charge in [0.1, 0.15) is 18.1 Å². The van der Waals surface area contributed by atoms with Gasteiger partial charge in [0, 0.05) is 12.1 Å². The summed E-state index contributed by atoms with van der Waals surface area (Å²) in [6.45, 7) is 4.96. The number of fused-ring (bicyclic) bond motifs is 1. The fourth-order valence-electron chi connectivity index (χ4n) is 2.76. The molecule has 1 aromatic carbocycles. The molecule has 0 N–H and O–H groups in total. The molecule has 0 bridgehead atoms. The van der Waals surface area contributed by atoms with Crippen molar-refractivity contribution in [1.82, 2.24) is 9.78 Å². The van der Waals surface area contributed by atoms with Gasteiger partial charge in [-0.3, -0.25) is 9.48 Å². The van der Waals surface area contributed by atoms with Gasteiger partial charge in [-0.15, -0.1) is 0 Å². The molecule has 0 aliphatic carbocycles. The first-order chi connectivity index (χ1) is 10.1. The summed E-state index contributed by atoms with van der Waals surface area (Å²) in [5.41, 5.74) is 2.54. The third-order valence-electron chi connectivity index (χ3n) is 3.88. The van der Waals surface area contributed by atoms with E-state index in [0.29, 0.717) is 18.2 Å². The highest BCUT2D eigenvalue weighted by atomic mass is 35.5. The van der Waals surface area contributed by atoms with Crippen molar-refractivity contribution in [2.75, 3.05) is 6.61 Å². The molecule has 2 heterocycles. The van der Waals surface area contributed by atoms with Crippen molar-refractivity contribution in [3.63, 3.8) is 0 Å². The molecule has 2 aromatic rings. The lowest BCUT2D eigenvalue weighted by atomic mass is 9.94. The van der Waals surface area contributed by atoms with Crippen LogP contribution in [0.15, 0.2) is 24.3 Å². The van der Waals surface area contributed by atoms with Crippen molar-refractivity contribution < 1.29 is 9.53 Å². The van der Waals surface area contributed by atoms with Crippen molar-refractivity contribution in [3.05, 3.63) is 46.2 Å². The number of halogens is 1. The van der Waals surface area contributed by atoms with Gasteiger partial charge in [-0.1, -0.05) is 29.8 Å². The Hall–Kier alpha value is -1.81. The Labute approximate surface area is 128 Å². The van der Waals surface area contributed by atoms with E-state index in [1.54, 1.807) is 4.68 Å². The molecule has 0 radical (unpaired) electrons. The zero-order valence-electron chi connectivity index (χ0n) is 12.1. The van der Waals surface area contributed by atoms with Crippen LogP contribution in [-0.4, -0.2) is 22.2 Å². The maximum Gasteiger partial charge on any atom is 0.149 e. The van der Waals surface area contributed by atoms with Gasteiger partial charge < -0.3 is 4.74 Å². The third-order valence-corrected chi connectivity index (χ3v) is 4.37. The number of carbonyl (C=O) groups excluding carboxylic acids is 1. The van der Waals surface area contributed by atoms with Crippen LogP contribution in [0, 0.1) is 6.92 Å². The highest BCUT2D eigenvalue weighted by Gasteiger charge is 2.31. The summed E-state index contributed by atoms with van der Waals surface area (Å²) in [7, 11) is 0. The molecule has 0 saturated carbocycles. The molecule has 0 amide bonds. The van der Waals surface area contributed by atoms with E-state index in [9.17, 15) is 4.79 Å². The molecule has 0 spiro atoms. The lowest BCUT2D eigenvalue weighted by molar-refractivity contribution is -0.120. The van der Waals surface area contributed by atoms with Gasteiger partial charge in [-0.05, 0) is 19.9 Å². The summed E-state index contributed by atoms with van der Waals surface area (Å²) in [4.78, 5) is 12.6. The van der Waals surface area contributed by atoms with E-state index in [4.69, 9.17) is 16.3 Å². The Bertz CT molecular complexity index is 694. The predicted octanol–water partition coefficient (Wildman–Crippen LogP) is 3.15. The van der Waals surface area contributed by atoms with E-state index in [1.165, 1.54) is 0 Å². The van der Waals surface area contributed by atoms with E-state index < -0.39 is 0 Å². The fourth-order valence-corrected chi connectivity index (χ4v) is 2.96. The Morgan fingerprint density at radius 2 is 2.24 bits per heavy atom. The van der Waals surface area contributed by atoms with Crippen molar-refractivity contribution >= 4 is 17.4 Å². The number of aryl methyl sites for hydroxylation is 2. The summed E-state index contributed by atoms with van der Waals surface area (Å²) in [5.74, 6) is 0.719. The minimum atomic E-state index is -0.210. The van der Waals surface area contributed by atoms with E-state index in [2.05, 4.69) is 5.10 Å². The number of hydrogen-bond donors (Lipinski definition) is 0. The number of ketones is 1. The van der Waals surface area contributed by atoms with Crippen LogP contribution in [0.5, 0.6) is 5.75 Å². The normalized spacial score (nSPS) is 16.6. The van der Waals surface area contributed by atoms with Gasteiger partial charge in [0.15, 0.2) is 0 Å². The summed E-state index contributed by atoms with van der Waals surface area (Å²) < 4.78 is 7.39. The topological polar surface area (TPSA) is 44.1 Å². The third kappa shape index (κ3) is 2.44. The first-order valence-electron chi connectivity index (χ1n) is 7.08. The summed E-state index contributed by atoms with van der Waals surface area (Å²) in [6, 6.07) is 7.70. The average Bonchev–Trinajstić information content (AvgIpc) is 3.03. The van der Waals surface area contributed by atoms with E-state index in [1.807, 2.05) is 38.1 Å². The quantitative estimate of drug-likeness (QED) is 0.871. The average molecular weight is 305 g/mol. The van der Waals surface area contributed by atoms with Crippen LogP contribution >= 0.6 is 11.6 Å². The number of aromatic nitrogens is 2. The molecule has 1 aliphatic rings. The molecular weight excluding hydrogens is 288 g/mol. The van der Waals surface area contributed by atoms with Crippen molar-refractivity contribution in [3.8, 4) is 5.75 Å². The van der Waals surface area contributed by atoms with Crippen LogP contribution in [0.1, 0.15) is 29.8 Å². The number of benzene rings is 1. The largest absolute Gasteiger partial charge is 0.492 e. The zero-order valence-corrected chi connectivity index (χ0v) is 12.9. The van der Waals surface area contributed by atoms with Crippen LogP contribution < -0.4 is 4.74 Å². The van der Waals surface area contributed by atoms with Gasteiger partial charge >= 0.3 is 0 Å². The molecule has 3 rings (SSSR count). The van der Waals surface area contributed by atoms with Gasteiger partial charge in [0.2, 0.25) is 0 Å². The van der Waals surface area contributed by atoms with Gasteiger partial charge in [0.05, 0.1) is 28.7 Å². The predicted molar refractivity (Wildman–Crippen MR) is 81.0 cm³/mol. The molecule has 5 heteroatoms. The van der Waals surface area contributed by atoms with E-state index in [-0.39, 0.29) is 18.1 Å². The molecule has 110 valence electrons. The van der Waals surface area contributed by atoms with E-state index >= 15 is 0 Å². The number of hydrogen-bond acceptors (Lipinski definition) is 3. The molecule has 21 heavy (non-hydrogen) atoms. The first kappa shape index (κ1) is 14.1. The lowest BCUT2D eigenvalue weighted by Crippen LogP contribution is -2.18. The molecule has 1 aliphatic heterocycles. The Kier molecular flexibility index (Phi) is 3.72. The van der Waals surface area contributed by atoms with Crippen molar-refractivity contribution in [2.24, 2.45) is 0 Å². The Morgan fingerprint density at radius 1 is 1.48 bits per heavy atom. The van der Waals surface area contributed by atoms with Crippen LogP contribution in [-0.2, 0) is 17.8 Å². The van der Waals surface area contributed by atoms with Gasteiger partial charge in [0.25, 0.3) is 0 Å². The number of carbonyl (C=O) groups is 1. The molecule has 4 nitrogen and oxygen atoms in total. The maximum absolute atomic E-state index is 12.6.